The van der Waals surface area contributed by atoms with Gasteiger partial charge in [0.1, 0.15) is 6.09 Å². The molecule has 16 heavy (non-hydrogen) atoms. The van der Waals surface area contributed by atoms with Crippen LogP contribution in [0.3, 0.4) is 0 Å². The topological polar surface area (TPSA) is 43.4 Å². The smallest absolute Gasteiger partial charge is 0.142 e. The second kappa shape index (κ2) is 6.26. The quantitative estimate of drug-likeness (QED) is 0.598. The molecule has 1 amide bonds. The fraction of sp³-hybridized carbons (Fsp3) is 0.182. The molecular formula is C11H8Cl2NO2-. The summed E-state index contributed by atoms with van der Waals surface area (Å²) in [6.45, 7) is -0.0151. The normalized spacial score (nSPS) is 9.12. The number of amides is 1. The summed E-state index contributed by atoms with van der Waals surface area (Å²) in [7, 11) is 0. The van der Waals surface area contributed by atoms with E-state index >= 15 is 0 Å². The number of halogens is 2. The lowest BCUT2D eigenvalue weighted by molar-refractivity contribution is -0.246. The van der Waals surface area contributed by atoms with Gasteiger partial charge in [-0.3, -0.25) is 0 Å². The Morgan fingerprint density at radius 3 is 2.62 bits per heavy atom. The van der Waals surface area contributed by atoms with Crippen LogP contribution in [0.5, 0.6) is 0 Å². The summed E-state index contributed by atoms with van der Waals surface area (Å²) in [6, 6.07) is 6.58. The standard InChI is InChI=1S/C11H9Cl2NO2/c12-7-3-4-8-14(11(15)16)10-6-2-1-5-9(10)13/h1-2,5-6H,7-8H2,(H,15,16)/p-1. The van der Waals surface area contributed by atoms with Gasteiger partial charge < -0.3 is 14.8 Å². The van der Waals surface area contributed by atoms with Gasteiger partial charge in [-0.2, -0.15) is 0 Å². The van der Waals surface area contributed by atoms with Gasteiger partial charge >= 0.3 is 0 Å². The zero-order valence-electron chi connectivity index (χ0n) is 8.24. The minimum atomic E-state index is -1.35. The summed E-state index contributed by atoms with van der Waals surface area (Å²) in [5.74, 6) is 5.33. The fourth-order valence-electron chi connectivity index (χ4n) is 1.10. The first-order chi connectivity index (χ1) is 7.66. The van der Waals surface area contributed by atoms with Gasteiger partial charge in [-0.15, -0.1) is 11.6 Å². The molecule has 1 aromatic carbocycles. The van der Waals surface area contributed by atoms with Crippen LogP contribution in [-0.2, 0) is 0 Å². The molecule has 0 saturated carbocycles. The second-order valence-electron chi connectivity index (χ2n) is 2.79. The monoisotopic (exact) mass is 256 g/mol. The number of para-hydroxylation sites is 1. The van der Waals surface area contributed by atoms with Gasteiger partial charge in [-0.05, 0) is 12.1 Å². The lowest BCUT2D eigenvalue weighted by Gasteiger charge is -2.23. The van der Waals surface area contributed by atoms with Crippen molar-refractivity contribution in [2.24, 2.45) is 0 Å². The van der Waals surface area contributed by atoms with Crippen molar-refractivity contribution >= 4 is 35.0 Å². The maximum Gasteiger partial charge on any atom is 0.142 e. The molecule has 0 aliphatic rings. The Kier molecular flexibility index (Phi) is 4.97. The highest BCUT2D eigenvalue weighted by Gasteiger charge is 2.09. The van der Waals surface area contributed by atoms with Crippen molar-refractivity contribution in [2.75, 3.05) is 17.3 Å². The van der Waals surface area contributed by atoms with E-state index in [-0.39, 0.29) is 12.4 Å². The zero-order chi connectivity index (χ0) is 12.0. The molecule has 3 nitrogen and oxygen atoms in total. The first kappa shape index (κ1) is 12.7. The predicted molar refractivity (Wildman–Crippen MR) is 62.7 cm³/mol. The average Bonchev–Trinajstić information content (AvgIpc) is 2.25. The summed E-state index contributed by atoms with van der Waals surface area (Å²) in [4.78, 5) is 11.9. The molecule has 1 rings (SSSR count). The molecule has 0 unspecified atom stereocenters. The van der Waals surface area contributed by atoms with Gasteiger partial charge in [0.05, 0.1) is 23.1 Å². The minimum absolute atomic E-state index is 0.0151. The highest BCUT2D eigenvalue weighted by atomic mass is 35.5. The number of carboxylic acid groups (broad SMARTS) is 1. The molecule has 0 saturated heterocycles. The van der Waals surface area contributed by atoms with Crippen molar-refractivity contribution < 1.29 is 9.90 Å². The van der Waals surface area contributed by atoms with Crippen LogP contribution in [0.2, 0.25) is 5.02 Å². The maximum absolute atomic E-state index is 10.9. The van der Waals surface area contributed by atoms with Crippen molar-refractivity contribution in [3.05, 3.63) is 29.3 Å². The number of nitrogens with zero attached hydrogens (tertiary/aromatic N) is 1. The van der Waals surface area contributed by atoms with E-state index in [4.69, 9.17) is 23.2 Å². The number of carbonyl (C=O) groups is 1. The number of rotatable bonds is 2. The Bertz CT molecular complexity index is 437. The Morgan fingerprint density at radius 2 is 2.06 bits per heavy atom. The van der Waals surface area contributed by atoms with E-state index < -0.39 is 6.09 Å². The van der Waals surface area contributed by atoms with Crippen LogP contribution in [0, 0.1) is 11.8 Å². The molecule has 0 N–H and O–H groups in total. The molecule has 0 aromatic heterocycles. The van der Waals surface area contributed by atoms with Gasteiger partial charge in [0.2, 0.25) is 0 Å². The Hall–Kier alpha value is -1.37. The van der Waals surface area contributed by atoms with E-state index in [0.717, 1.165) is 4.90 Å². The maximum atomic E-state index is 10.9. The molecule has 0 spiro atoms. The van der Waals surface area contributed by atoms with Crippen molar-refractivity contribution in [1.29, 1.82) is 0 Å². The molecule has 0 bridgehead atoms. The Balaban J connectivity index is 2.94. The van der Waals surface area contributed by atoms with Crippen LogP contribution in [0.25, 0.3) is 0 Å². The van der Waals surface area contributed by atoms with Crippen LogP contribution in [0.1, 0.15) is 0 Å². The molecule has 0 heterocycles. The van der Waals surface area contributed by atoms with E-state index in [2.05, 4.69) is 11.8 Å². The third kappa shape index (κ3) is 3.34. The van der Waals surface area contributed by atoms with Crippen molar-refractivity contribution in [2.45, 2.75) is 0 Å². The summed E-state index contributed by atoms with van der Waals surface area (Å²) in [5, 5.41) is 11.2. The first-order valence-corrected chi connectivity index (χ1v) is 5.32. The number of hydrogen-bond acceptors (Lipinski definition) is 2. The van der Waals surface area contributed by atoms with Crippen molar-refractivity contribution in [3.63, 3.8) is 0 Å². The van der Waals surface area contributed by atoms with Gasteiger partial charge in [-0.25, -0.2) is 0 Å². The lowest BCUT2D eigenvalue weighted by Crippen LogP contribution is -2.41. The molecule has 0 fully saturated rings. The Labute approximate surface area is 104 Å². The number of hydrogen-bond donors (Lipinski definition) is 0. The largest absolute Gasteiger partial charge is 0.530 e. The molecule has 1 aromatic rings. The van der Waals surface area contributed by atoms with E-state index in [1.54, 1.807) is 24.3 Å². The van der Waals surface area contributed by atoms with E-state index in [1.165, 1.54) is 0 Å². The molecule has 84 valence electrons. The minimum Gasteiger partial charge on any atom is -0.530 e. The Morgan fingerprint density at radius 1 is 1.38 bits per heavy atom. The SMILES string of the molecule is O=C([O-])N(CC#CCCl)c1ccccc1Cl. The predicted octanol–water partition coefficient (Wildman–Crippen LogP) is 1.73. The van der Waals surface area contributed by atoms with Crippen LogP contribution in [0.15, 0.2) is 24.3 Å². The van der Waals surface area contributed by atoms with E-state index in [0.29, 0.717) is 10.7 Å². The van der Waals surface area contributed by atoms with E-state index in [1.807, 2.05) is 0 Å². The molecule has 0 aliphatic carbocycles. The molecule has 0 aliphatic heterocycles. The number of carbonyl (C=O) groups excluding carboxylic acids is 1. The molecular weight excluding hydrogens is 249 g/mol. The number of anilines is 1. The van der Waals surface area contributed by atoms with Gasteiger partial charge in [0.25, 0.3) is 0 Å². The average molecular weight is 257 g/mol. The van der Waals surface area contributed by atoms with Crippen LogP contribution in [0.4, 0.5) is 10.5 Å². The molecule has 0 radical (unpaired) electrons. The van der Waals surface area contributed by atoms with Crippen molar-refractivity contribution in [3.8, 4) is 11.8 Å². The highest BCUT2D eigenvalue weighted by Crippen LogP contribution is 2.24. The summed E-state index contributed by atoms with van der Waals surface area (Å²) in [5.41, 5.74) is 0.355. The van der Waals surface area contributed by atoms with Gasteiger partial charge in [0.15, 0.2) is 0 Å². The third-order valence-electron chi connectivity index (χ3n) is 1.79. The van der Waals surface area contributed by atoms with Crippen LogP contribution < -0.4 is 10.0 Å². The third-order valence-corrected chi connectivity index (χ3v) is 2.25. The van der Waals surface area contributed by atoms with Crippen molar-refractivity contribution in [1.82, 2.24) is 0 Å². The van der Waals surface area contributed by atoms with Gasteiger partial charge in [-0.1, -0.05) is 35.6 Å². The van der Waals surface area contributed by atoms with E-state index in [9.17, 15) is 9.90 Å². The zero-order valence-corrected chi connectivity index (χ0v) is 9.76. The summed E-state index contributed by atoms with van der Waals surface area (Å²) in [6.07, 6.45) is -1.35. The van der Waals surface area contributed by atoms with Gasteiger partial charge in [0, 0.05) is 0 Å². The van der Waals surface area contributed by atoms with Crippen LogP contribution >= 0.6 is 23.2 Å². The first-order valence-electron chi connectivity index (χ1n) is 4.41. The molecule has 0 atom stereocenters. The highest BCUT2D eigenvalue weighted by molar-refractivity contribution is 6.33. The summed E-state index contributed by atoms with van der Waals surface area (Å²) < 4.78 is 0. The number of benzene rings is 1. The fourth-order valence-corrected chi connectivity index (χ4v) is 1.43. The number of alkyl halides is 1. The lowest BCUT2D eigenvalue weighted by atomic mass is 10.3. The molecule has 5 heteroatoms. The summed E-state index contributed by atoms with van der Waals surface area (Å²) >= 11 is 11.2. The second-order valence-corrected chi connectivity index (χ2v) is 3.47. The van der Waals surface area contributed by atoms with Crippen LogP contribution in [-0.4, -0.2) is 18.5 Å².